The lowest BCUT2D eigenvalue weighted by molar-refractivity contribution is -0.120. The van der Waals surface area contributed by atoms with E-state index in [4.69, 9.17) is 0 Å². The quantitative estimate of drug-likeness (QED) is 0.276. The average molecular weight is 368 g/mol. The molecule has 152 valence electrons. The van der Waals surface area contributed by atoms with E-state index in [1.165, 1.54) is 31.9 Å². The predicted octanol–water partition coefficient (Wildman–Crippen LogP) is 7.47. The lowest BCUT2D eigenvalue weighted by atomic mass is 9.76. The van der Waals surface area contributed by atoms with Crippen molar-refractivity contribution >= 4 is 12.0 Å². The molecular formula is C23H42FNO. The van der Waals surface area contributed by atoms with Crippen molar-refractivity contribution in [3.8, 4) is 0 Å². The second kappa shape index (κ2) is 15.1. The van der Waals surface area contributed by atoms with Crippen LogP contribution in [0.2, 0.25) is 0 Å². The fraction of sp³-hybridized carbons (Fsp3) is 0.826. The van der Waals surface area contributed by atoms with Crippen LogP contribution in [-0.4, -0.2) is 18.0 Å². The third kappa shape index (κ3) is 9.64. The predicted molar refractivity (Wildman–Crippen MR) is 113 cm³/mol. The standard InChI is InChI=1S/C23H42FNO/c1-7-12-14-19(15-13-8-2)21(16-20(26)10-4)23(11-5)25-17-22(24)18(6)9-3/h17,19,21,23H,7-16H2,1-6H3/b22-18-,25-17?. The lowest BCUT2D eigenvalue weighted by Crippen LogP contribution is -2.29. The molecule has 0 aliphatic heterocycles. The van der Waals surface area contributed by atoms with Crippen molar-refractivity contribution in [2.45, 2.75) is 112 Å². The molecule has 0 bridgehead atoms. The first kappa shape index (κ1) is 25.0. The van der Waals surface area contributed by atoms with E-state index in [9.17, 15) is 9.18 Å². The Bertz CT molecular complexity index is 433. The van der Waals surface area contributed by atoms with Crippen LogP contribution >= 0.6 is 0 Å². The van der Waals surface area contributed by atoms with Crippen molar-refractivity contribution in [2.75, 3.05) is 0 Å². The largest absolute Gasteiger partial charge is 0.300 e. The summed E-state index contributed by atoms with van der Waals surface area (Å²) in [5, 5.41) is 0. The van der Waals surface area contributed by atoms with Crippen LogP contribution in [0.3, 0.4) is 0 Å². The summed E-state index contributed by atoms with van der Waals surface area (Å²) in [6, 6.07) is 0.0274. The first-order valence-corrected chi connectivity index (χ1v) is 10.8. The molecule has 26 heavy (non-hydrogen) atoms. The van der Waals surface area contributed by atoms with Crippen molar-refractivity contribution in [2.24, 2.45) is 16.8 Å². The molecule has 0 aromatic carbocycles. The van der Waals surface area contributed by atoms with Gasteiger partial charge in [-0.2, -0.15) is 0 Å². The molecule has 0 spiro atoms. The summed E-state index contributed by atoms with van der Waals surface area (Å²) in [5.41, 5.74) is 0.735. The second-order valence-electron chi connectivity index (χ2n) is 7.54. The molecule has 0 aliphatic rings. The van der Waals surface area contributed by atoms with E-state index in [-0.39, 0.29) is 17.8 Å². The summed E-state index contributed by atoms with van der Waals surface area (Å²) in [5.74, 6) is 0.830. The Labute approximate surface area is 161 Å². The highest BCUT2D eigenvalue weighted by atomic mass is 19.1. The summed E-state index contributed by atoms with van der Waals surface area (Å²) in [6.07, 6.45) is 11.1. The number of allylic oxidation sites excluding steroid dienone is 2. The maximum Gasteiger partial charge on any atom is 0.139 e. The molecule has 0 aromatic heterocycles. The Morgan fingerprint density at radius 3 is 2.00 bits per heavy atom. The van der Waals surface area contributed by atoms with Gasteiger partial charge in [-0.05, 0) is 37.2 Å². The van der Waals surface area contributed by atoms with Crippen molar-refractivity contribution in [3.63, 3.8) is 0 Å². The molecule has 2 unspecified atom stereocenters. The van der Waals surface area contributed by atoms with Crippen molar-refractivity contribution in [1.29, 1.82) is 0 Å². The number of halogens is 1. The number of carbonyl (C=O) groups excluding carboxylic acids is 1. The third-order valence-corrected chi connectivity index (χ3v) is 5.55. The minimum Gasteiger partial charge on any atom is -0.300 e. The molecule has 0 aliphatic carbocycles. The van der Waals surface area contributed by atoms with Gasteiger partial charge in [-0.1, -0.05) is 73.1 Å². The maximum absolute atomic E-state index is 14.2. The summed E-state index contributed by atoms with van der Waals surface area (Å²) in [6.45, 7) is 12.2. The maximum atomic E-state index is 14.2. The van der Waals surface area contributed by atoms with Gasteiger partial charge in [-0.15, -0.1) is 0 Å². The monoisotopic (exact) mass is 367 g/mol. The average Bonchev–Trinajstić information content (AvgIpc) is 2.66. The number of aliphatic imine (C=N–C) groups is 1. The molecule has 0 saturated heterocycles. The van der Waals surface area contributed by atoms with E-state index in [1.54, 1.807) is 0 Å². The number of hydrogen-bond acceptors (Lipinski definition) is 2. The van der Waals surface area contributed by atoms with Gasteiger partial charge in [0.05, 0.1) is 12.3 Å². The van der Waals surface area contributed by atoms with Crippen molar-refractivity contribution in [1.82, 2.24) is 0 Å². The number of carbonyl (C=O) groups is 1. The molecule has 0 rings (SSSR count). The zero-order chi connectivity index (χ0) is 19.9. The smallest absolute Gasteiger partial charge is 0.139 e. The number of Topliss-reactive ketones (excluding diaryl/α,β-unsaturated/α-hetero) is 1. The number of ketones is 1. The number of unbranched alkanes of at least 4 members (excludes halogenated alkanes) is 2. The SMILES string of the molecule is CCCCC(CCCC)C(CC(=O)CC)C(CC)N=C/C(F)=C(\C)CC. The summed E-state index contributed by atoms with van der Waals surface area (Å²) in [7, 11) is 0. The van der Waals surface area contributed by atoms with Crippen LogP contribution in [0.15, 0.2) is 16.4 Å². The molecule has 0 amide bonds. The lowest BCUT2D eigenvalue weighted by Gasteiger charge is -2.31. The molecule has 0 aromatic rings. The molecule has 2 nitrogen and oxygen atoms in total. The Kier molecular flexibility index (Phi) is 14.5. The van der Waals surface area contributed by atoms with Gasteiger partial charge < -0.3 is 0 Å². The number of hydrogen-bond donors (Lipinski definition) is 0. The normalized spacial score (nSPS) is 15.4. The first-order valence-electron chi connectivity index (χ1n) is 10.8. The van der Waals surface area contributed by atoms with Gasteiger partial charge in [0.2, 0.25) is 0 Å². The number of nitrogens with zero attached hydrogens (tertiary/aromatic N) is 1. The van der Waals surface area contributed by atoms with Gasteiger partial charge in [0.25, 0.3) is 0 Å². The van der Waals surface area contributed by atoms with Crippen LogP contribution in [0.5, 0.6) is 0 Å². The topological polar surface area (TPSA) is 29.4 Å². The molecular weight excluding hydrogens is 325 g/mol. The van der Waals surface area contributed by atoms with Crippen LogP contribution < -0.4 is 0 Å². The van der Waals surface area contributed by atoms with Crippen LogP contribution in [0.4, 0.5) is 4.39 Å². The van der Waals surface area contributed by atoms with E-state index >= 15 is 0 Å². The highest BCUT2D eigenvalue weighted by Crippen LogP contribution is 2.33. The molecule has 0 radical (unpaired) electrons. The van der Waals surface area contributed by atoms with Gasteiger partial charge in [-0.3, -0.25) is 9.79 Å². The third-order valence-electron chi connectivity index (χ3n) is 5.55. The first-order chi connectivity index (χ1) is 12.4. The fourth-order valence-electron chi connectivity index (χ4n) is 3.49. The number of rotatable bonds is 15. The zero-order valence-corrected chi connectivity index (χ0v) is 18.1. The molecule has 0 N–H and O–H groups in total. The molecule has 0 fully saturated rings. The summed E-state index contributed by atoms with van der Waals surface area (Å²) in [4.78, 5) is 16.9. The minimum atomic E-state index is -0.217. The summed E-state index contributed by atoms with van der Waals surface area (Å²) >= 11 is 0. The molecule has 0 saturated carbocycles. The Hall–Kier alpha value is -0.990. The Morgan fingerprint density at radius 2 is 1.58 bits per heavy atom. The van der Waals surface area contributed by atoms with Crippen LogP contribution in [-0.2, 0) is 4.79 Å². The van der Waals surface area contributed by atoms with E-state index in [2.05, 4.69) is 25.8 Å². The Balaban J connectivity index is 5.53. The highest BCUT2D eigenvalue weighted by Gasteiger charge is 2.29. The van der Waals surface area contributed by atoms with Crippen molar-refractivity contribution < 1.29 is 9.18 Å². The molecule has 0 heterocycles. The fourth-order valence-corrected chi connectivity index (χ4v) is 3.49. The van der Waals surface area contributed by atoms with E-state index in [0.29, 0.717) is 31.0 Å². The van der Waals surface area contributed by atoms with Crippen LogP contribution in [0.1, 0.15) is 106 Å². The molecule has 2 atom stereocenters. The van der Waals surface area contributed by atoms with E-state index in [0.717, 1.165) is 24.8 Å². The van der Waals surface area contributed by atoms with Gasteiger partial charge in [0.15, 0.2) is 0 Å². The van der Waals surface area contributed by atoms with Crippen molar-refractivity contribution in [3.05, 3.63) is 11.4 Å². The minimum absolute atomic E-state index is 0.0274. The second-order valence-corrected chi connectivity index (χ2v) is 7.54. The van der Waals surface area contributed by atoms with Gasteiger partial charge in [0, 0.05) is 12.8 Å². The van der Waals surface area contributed by atoms with Gasteiger partial charge in [-0.25, -0.2) is 4.39 Å². The highest BCUT2D eigenvalue weighted by molar-refractivity contribution is 5.79. The van der Waals surface area contributed by atoms with E-state index in [1.807, 2.05) is 20.8 Å². The summed E-state index contributed by atoms with van der Waals surface area (Å²) < 4.78 is 14.2. The van der Waals surface area contributed by atoms with Crippen LogP contribution in [0, 0.1) is 11.8 Å². The van der Waals surface area contributed by atoms with Gasteiger partial charge in [0.1, 0.15) is 11.6 Å². The van der Waals surface area contributed by atoms with E-state index < -0.39 is 0 Å². The van der Waals surface area contributed by atoms with Gasteiger partial charge >= 0.3 is 0 Å². The van der Waals surface area contributed by atoms with Crippen LogP contribution in [0.25, 0.3) is 0 Å². The zero-order valence-electron chi connectivity index (χ0n) is 18.1. The Morgan fingerprint density at radius 1 is 1.00 bits per heavy atom. The molecule has 3 heteroatoms.